The molecule has 3 heterocycles. The molecule has 0 aliphatic carbocycles. The van der Waals surface area contributed by atoms with Crippen LogP contribution in [0.4, 0.5) is 5.13 Å². The number of carbonyl (C=O) groups is 2. The Bertz CT molecular complexity index is 902. The van der Waals surface area contributed by atoms with Gasteiger partial charge in [0.1, 0.15) is 4.88 Å². The summed E-state index contributed by atoms with van der Waals surface area (Å²) in [4.78, 5) is 38.7. The number of aromatic amines is 1. The van der Waals surface area contributed by atoms with Crippen LogP contribution in [0.1, 0.15) is 59.6 Å². The van der Waals surface area contributed by atoms with E-state index in [2.05, 4.69) is 25.2 Å². The fourth-order valence-corrected chi connectivity index (χ4v) is 4.48. The van der Waals surface area contributed by atoms with Crippen LogP contribution < -0.4 is 10.2 Å². The van der Waals surface area contributed by atoms with Crippen LogP contribution in [0.15, 0.2) is 6.20 Å². The first-order valence-electron chi connectivity index (χ1n) is 10.5. The van der Waals surface area contributed by atoms with Crippen LogP contribution in [-0.4, -0.2) is 65.3 Å². The number of aromatic nitrogens is 3. The van der Waals surface area contributed by atoms with Crippen molar-refractivity contribution in [3.8, 4) is 0 Å². The van der Waals surface area contributed by atoms with Crippen molar-refractivity contribution in [3.63, 3.8) is 0 Å². The van der Waals surface area contributed by atoms with Gasteiger partial charge < -0.3 is 24.7 Å². The normalized spacial score (nSPS) is 18.8. The van der Waals surface area contributed by atoms with Crippen LogP contribution in [0.5, 0.6) is 0 Å². The average molecular weight is 470 g/mol. The van der Waals surface area contributed by atoms with Gasteiger partial charge in [0.25, 0.3) is 5.91 Å². The number of nitrogens with zero attached hydrogens (tertiary/aromatic N) is 3. The van der Waals surface area contributed by atoms with Crippen molar-refractivity contribution in [2.45, 2.75) is 52.2 Å². The lowest BCUT2D eigenvalue weighted by molar-refractivity contribution is 0.0204. The van der Waals surface area contributed by atoms with Crippen molar-refractivity contribution in [2.24, 2.45) is 0 Å². The molecule has 170 valence electrons. The Hall–Kier alpha value is -2.17. The summed E-state index contributed by atoms with van der Waals surface area (Å²) in [7, 11) is 0. The number of piperidine rings is 1. The predicted molar refractivity (Wildman–Crippen MR) is 119 cm³/mol. The van der Waals surface area contributed by atoms with Crippen molar-refractivity contribution in [3.05, 3.63) is 27.7 Å². The Balaban J connectivity index is 1.67. The molecule has 2 aromatic rings. The molecule has 0 unspecified atom stereocenters. The second-order valence-electron chi connectivity index (χ2n) is 7.16. The number of halogens is 1. The van der Waals surface area contributed by atoms with Crippen LogP contribution in [0.2, 0.25) is 5.15 Å². The van der Waals surface area contributed by atoms with E-state index in [0.717, 1.165) is 17.2 Å². The number of carbonyl (C=O) groups excluding carboxylic acids is 2. The number of ether oxygens (including phenoxy) is 2. The van der Waals surface area contributed by atoms with E-state index in [0.29, 0.717) is 49.2 Å². The standard InChI is InChI=1S/C20H28ClN5O4S/c1-4-9-30-14-11-26(20-22-10-15(31-20)19(28)29-6-3)8-7-13(14)24-18(27)17-23-12(5-2)16(21)25-17/h10,13-14H,4-9,11H2,1-3H3,(H,23,25)(H,24,27)/t13-,14+/m1/s1. The van der Waals surface area contributed by atoms with E-state index < -0.39 is 0 Å². The minimum absolute atomic E-state index is 0.172. The lowest BCUT2D eigenvalue weighted by Gasteiger charge is -2.38. The number of amides is 1. The summed E-state index contributed by atoms with van der Waals surface area (Å²) in [6.07, 6.45) is 3.53. The summed E-state index contributed by atoms with van der Waals surface area (Å²) in [6, 6.07) is -0.172. The van der Waals surface area contributed by atoms with E-state index in [1.165, 1.54) is 11.3 Å². The molecule has 0 radical (unpaired) electrons. The van der Waals surface area contributed by atoms with Gasteiger partial charge in [0.15, 0.2) is 16.1 Å². The van der Waals surface area contributed by atoms with Crippen LogP contribution in [0.25, 0.3) is 0 Å². The number of imidazole rings is 1. The highest BCUT2D eigenvalue weighted by Crippen LogP contribution is 2.27. The average Bonchev–Trinajstić information content (AvgIpc) is 3.40. The van der Waals surface area contributed by atoms with E-state index in [4.69, 9.17) is 21.1 Å². The van der Waals surface area contributed by atoms with Gasteiger partial charge >= 0.3 is 5.97 Å². The Morgan fingerprint density at radius 3 is 2.87 bits per heavy atom. The predicted octanol–water partition coefficient (Wildman–Crippen LogP) is 3.06. The Morgan fingerprint density at radius 1 is 1.39 bits per heavy atom. The number of esters is 1. The number of hydrogen-bond acceptors (Lipinski definition) is 8. The molecule has 1 fully saturated rings. The third-order valence-corrected chi connectivity index (χ3v) is 6.30. The van der Waals surface area contributed by atoms with Crippen LogP contribution in [0, 0.1) is 0 Å². The summed E-state index contributed by atoms with van der Waals surface area (Å²) >= 11 is 7.37. The van der Waals surface area contributed by atoms with Crippen LogP contribution >= 0.6 is 22.9 Å². The van der Waals surface area contributed by atoms with Crippen molar-refractivity contribution >= 4 is 39.9 Å². The molecule has 1 amide bonds. The maximum absolute atomic E-state index is 12.7. The molecular formula is C20H28ClN5O4S. The van der Waals surface area contributed by atoms with Gasteiger partial charge in [-0.3, -0.25) is 4.79 Å². The molecule has 3 rings (SSSR count). The molecule has 2 atom stereocenters. The summed E-state index contributed by atoms with van der Waals surface area (Å²) in [6.45, 7) is 7.89. The van der Waals surface area contributed by atoms with Gasteiger partial charge in [0.2, 0.25) is 0 Å². The van der Waals surface area contributed by atoms with E-state index in [9.17, 15) is 9.59 Å². The van der Waals surface area contributed by atoms with E-state index in [-0.39, 0.29) is 29.8 Å². The number of H-pyrrole nitrogens is 1. The quantitative estimate of drug-likeness (QED) is 0.543. The maximum atomic E-state index is 12.7. The molecule has 0 bridgehead atoms. The fraction of sp³-hybridized carbons (Fsp3) is 0.600. The maximum Gasteiger partial charge on any atom is 0.350 e. The number of nitrogens with one attached hydrogen (secondary N) is 2. The number of rotatable bonds is 9. The zero-order valence-corrected chi connectivity index (χ0v) is 19.5. The van der Waals surface area contributed by atoms with Gasteiger partial charge in [-0.2, -0.15) is 0 Å². The molecule has 1 saturated heterocycles. The van der Waals surface area contributed by atoms with Crippen LogP contribution in [0.3, 0.4) is 0 Å². The highest BCUT2D eigenvalue weighted by Gasteiger charge is 2.33. The van der Waals surface area contributed by atoms with Gasteiger partial charge in [0, 0.05) is 19.7 Å². The van der Waals surface area contributed by atoms with Crippen LogP contribution in [-0.2, 0) is 15.9 Å². The molecule has 1 aliphatic heterocycles. The molecule has 31 heavy (non-hydrogen) atoms. The van der Waals surface area contributed by atoms with Crippen molar-refractivity contribution < 1.29 is 19.1 Å². The Morgan fingerprint density at radius 2 is 2.19 bits per heavy atom. The highest BCUT2D eigenvalue weighted by molar-refractivity contribution is 7.17. The lowest BCUT2D eigenvalue weighted by atomic mass is 10.0. The third-order valence-electron chi connectivity index (χ3n) is 4.95. The summed E-state index contributed by atoms with van der Waals surface area (Å²) < 4.78 is 11.1. The van der Waals surface area contributed by atoms with Gasteiger partial charge in [0.05, 0.1) is 30.6 Å². The fourth-order valence-electron chi connectivity index (χ4n) is 3.37. The highest BCUT2D eigenvalue weighted by atomic mass is 35.5. The number of hydrogen-bond donors (Lipinski definition) is 2. The first-order chi connectivity index (χ1) is 15.0. The molecule has 11 heteroatoms. The molecule has 1 aliphatic rings. The Labute approximate surface area is 190 Å². The SMILES string of the molecule is CCCO[C@H]1CN(c2ncc(C(=O)OCC)s2)CC[C@H]1NC(=O)c1nc(Cl)c(CC)[nH]1. The molecule has 0 aromatic carbocycles. The Kier molecular flexibility index (Phi) is 8.28. The van der Waals surface area contributed by atoms with E-state index in [1.54, 1.807) is 13.1 Å². The monoisotopic (exact) mass is 469 g/mol. The van der Waals surface area contributed by atoms with Crippen molar-refractivity contribution in [2.75, 3.05) is 31.2 Å². The van der Waals surface area contributed by atoms with Gasteiger partial charge in [-0.05, 0) is 26.2 Å². The molecule has 2 N–H and O–H groups in total. The molecular weight excluding hydrogens is 442 g/mol. The van der Waals surface area contributed by atoms with E-state index in [1.807, 2.05) is 13.8 Å². The van der Waals surface area contributed by atoms with Gasteiger partial charge in [-0.1, -0.05) is 36.8 Å². The second kappa shape index (κ2) is 10.9. The largest absolute Gasteiger partial charge is 0.462 e. The number of aryl methyl sites for hydroxylation is 1. The summed E-state index contributed by atoms with van der Waals surface area (Å²) in [5, 5.41) is 4.10. The topological polar surface area (TPSA) is 109 Å². The zero-order valence-electron chi connectivity index (χ0n) is 17.9. The number of thiazole rings is 1. The molecule has 0 saturated carbocycles. The van der Waals surface area contributed by atoms with Gasteiger partial charge in [-0.25, -0.2) is 14.8 Å². The molecule has 9 nitrogen and oxygen atoms in total. The third kappa shape index (κ3) is 5.75. The van der Waals surface area contributed by atoms with Crippen molar-refractivity contribution in [1.29, 1.82) is 0 Å². The minimum Gasteiger partial charge on any atom is -0.462 e. The first kappa shape index (κ1) is 23.5. The second-order valence-corrected chi connectivity index (χ2v) is 8.53. The smallest absolute Gasteiger partial charge is 0.350 e. The number of anilines is 1. The zero-order chi connectivity index (χ0) is 22.4. The molecule has 2 aromatic heterocycles. The van der Waals surface area contributed by atoms with Crippen molar-refractivity contribution in [1.82, 2.24) is 20.3 Å². The first-order valence-corrected chi connectivity index (χ1v) is 11.7. The van der Waals surface area contributed by atoms with Gasteiger partial charge in [-0.15, -0.1) is 0 Å². The molecule has 0 spiro atoms. The van der Waals surface area contributed by atoms with E-state index >= 15 is 0 Å². The summed E-state index contributed by atoms with van der Waals surface area (Å²) in [5.41, 5.74) is 0.738. The minimum atomic E-state index is -0.365. The lowest BCUT2D eigenvalue weighted by Crippen LogP contribution is -2.55. The summed E-state index contributed by atoms with van der Waals surface area (Å²) in [5.74, 6) is -0.461.